The number of ether oxygens (including phenoxy) is 1. The minimum Gasteiger partial charge on any atom is -0.394 e. The van der Waals surface area contributed by atoms with Crippen molar-refractivity contribution in [3.8, 4) is 0 Å². The van der Waals surface area contributed by atoms with Crippen LogP contribution in [-0.4, -0.2) is 51.4 Å². The molecule has 0 spiro atoms. The second-order valence-electron chi connectivity index (χ2n) is 6.89. The zero-order valence-electron chi connectivity index (χ0n) is 14.0. The molecule has 0 aromatic heterocycles. The summed E-state index contributed by atoms with van der Waals surface area (Å²) >= 11 is 6.32. The van der Waals surface area contributed by atoms with Gasteiger partial charge in [-0.3, -0.25) is 0 Å². The van der Waals surface area contributed by atoms with Gasteiger partial charge in [0.1, 0.15) is 30.5 Å². The van der Waals surface area contributed by atoms with Crippen LogP contribution in [0.15, 0.2) is 23.8 Å². The van der Waals surface area contributed by atoms with Gasteiger partial charge in [0.15, 0.2) is 0 Å². The summed E-state index contributed by atoms with van der Waals surface area (Å²) in [7, 11) is 0. The van der Waals surface area contributed by atoms with E-state index in [1.54, 1.807) is 12.1 Å². The lowest BCUT2D eigenvalue weighted by molar-refractivity contribution is -0.231. The predicted octanol–water partition coefficient (Wildman–Crippen LogP) is 2.20. The Morgan fingerprint density at radius 1 is 1.04 bits per heavy atom. The van der Waals surface area contributed by atoms with Crippen molar-refractivity contribution in [2.45, 2.75) is 62.6 Å². The highest BCUT2D eigenvalue weighted by Gasteiger charge is 2.43. The lowest BCUT2D eigenvalue weighted by Crippen LogP contribution is -2.55. The van der Waals surface area contributed by atoms with Gasteiger partial charge in [0, 0.05) is 5.02 Å². The molecule has 1 aromatic carbocycles. The molecule has 25 heavy (non-hydrogen) atoms. The minimum absolute atomic E-state index is 0.439. The number of halogens is 1. The van der Waals surface area contributed by atoms with Crippen molar-refractivity contribution in [1.82, 2.24) is 0 Å². The van der Waals surface area contributed by atoms with Crippen molar-refractivity contribution in [1.29, 1.82) is 0 Å². The molecule has 0 bridgehead atoms. The van der Waals surface area contributed by atoms with Crippen LogP contribution in [-0.2, 0) is 4.74 Å². The van der Waals surface area contributed by atoms with E-state index in [2.05, 4.69) is 6.08 Å². The molecule has 0 radical (unpaired) electrons. The molecule has 2 aliphatic rings. The Labute approximate surface area is 152 Å². The van der Waals surface area contributed by atoms with Crippen LogP contribution in [0.4, 0.5) is 0 Å². The quantitative estimate of drug-likeness (QED) is 0.656. The molecule has 5 nitrogen and oxygen atoms in total. The average molecular weight is 369 g/mol. The Balaban J connectivity index is 1.88. The third kappa shape index (κ3) is 4.08. The van der Waals surface area contributed by atoms with E-state index in [1.165, 1.54) is 24.8 Å². The number of benzene rings is 1. The van der Waals surface area contributed by atoms with E-state index in [0.29, 0.717) is 10.6 Å². The molecule has 3 rings (SSSR count). The number of allylic oxidation sites excluding steroid dienone is 1. The highest BCUT2D eigenvalue weighted by atomic mass is 35.5. The first-order valence-corrected chi connectivity index (χ1v) is 9.18. The molecule has 4 N–H and O–H groups in total. The van der Waals surface area contributed by atoms with Crippen molar-refractivity contribution in [3.05, 3.63) is 39.9 Å². The Hall–Kier alpha value is -0.950. The van der Waals surface area contributed by atoms with Gasteiger partial charge < -0.3 is 25.2 Å². The van der Waals surface area contributed by atoms with E-state index in [9.17, 15) is 20.4 Å². The van der Waals surface area contributed by atoms with Crippen molar-refractivity contribution >= 4 is 17.7 Å². The molecule has 1 saturated heterocycles. The summed E-state index contributed by atoms with van der Waals surface area (Å²) in [5.41, 5.74) is 2.87. The molecule has 1 saturated carbocycles. The summed E-state index contributed by atoms with van der Waals surface area (Å²) in [4.78, 5) is 0. The fraction of sp³-hybridized carbons (Fsp3) is 0.579. The first-order valence-electron chi connectivity index (χ1n) is 8.80. The molecule has 138 valence electrons. The maximum absolute atomic E-state index is 10.3. The smallest absolute Gasteiger partial charge is 0.113 e. The first kappa shape index (κ1) is 18.8. The zero-order valence-corrected chi connectivity index (χ0v) is 14.8. The van der Waals surface area contributed by atoms with E-state index in [4.69, 9.17) is 16.3 Å². The maximum atomic E-state index is 10.3. The van der Waals surface area contributed by atoms with Gasteiger partial charge >= 0.3 is 0 Å². The molecule has 1 aromatic rings. The Bertz CT molecular complexity index is 622. The van der Waals surface area contributed by atoms with E-state index >= 15 is 0 Å². The number of rotatable bonds is 3. The molecule has 5 atom stereocenters. The maximum Gasteiger partial charge on any atom is 0.113 e. The second-order valence-corrected chi connectivity index (χ2v) is 7.30. The van der Waals surface area contributed by atoms with Crippen LogP contribution in [0.3, 0.4) is 0 Å². The van der Waals surface area contributed by atoms with Crippen LogP contribution >= 0.6 is 11.6 Å². The monoisotopic (exact) mass is 368 g/mol. The van der Waals surface area contributed by atoms with E-state index in [1.807, 2.05) is 6.07 Å². The van der Waals surface area contributed by atoms with Gasteiger partial charge in [-0.15, -0.1) is 0 Å². The molecule has 2 fully saturated rings. The molecule has 0 unspecified atom stereocenters. The van der Waals surface area contributed by atoms with Crippen LogP contribution < -0.4 is 0 Å². The van der Waals surface area contributed by atoms with Gasteiger partial charge in [0.2, 0.25) is 0 Å². The predicted molar refractivity (Wildman–Crippen MR) is 95.2 cm³/mol. The summed E-state index contributed by atoms with van der Waals surface area (Å²) < 4.78 is 5.63. The van der Waals surface area contributed by atoms with Crippen molar-refractivity contribution < 1.29 is 25.2 Å². The van der Waals surface area contributed by atoms with Crippen LogP contribution in [0.1, 0.15) is 49.3 Å². The van der Waals surface area contributed by atoms with E-state index in [0.717, 1.165) is 18.4 Å². The molecular formula is C19H25ClO5. The molecule has 6 heteroatoms. The summed E-state index contributed by atoms with van der Waals surface area (Å²) in [5.74, 6) is 0. The zero-order chi connectivity index (χ0) is 18.0. The van der Waals surface area contributed by atoms with Crippen molar-refractivity contribution in [3.63, 3.8) is 0 Å². The average Bonchev–Trinajstić information content (AvgIpc) is 2.63. The van der Waals surface area contributed by atoms with E-state index < -0.39 is 37.1 Å². The van der Waals surface area contributed by atoms with Gasteiger partial charge in [-0.2, -0.15) is 0 Å². The molecular weight excluding hydrogens is 344 g/mol. The van der Waals surface area contributed by atoms with Gasteiger partial charge in [-0.1, -0.05) is 35.7 Å². The second kappa shape index (κ2) is 8.16. The first-order chi connectivity index (χ1) is 12.0. The molecule has 0 amide bonds. The van der Waals surface area contributed by atoms with Gasteiger partial charge in [0.05, 0.1) is 6.61 Å². The Morgan fingerprint density at radius 3 is 2.44 bits per heavy atom. The Kier molecular flexibility index (Phi) is 6.15. The number of hydrogen-bond acceptors (Lipinski definition) is 5. The summed E-state index contributed by atoms with van der Waals surface area (Å²) in [6.45, 7) is -0.439. The van der Waals surface area contributed by atoms with Crippen molar-refractivity contribution in [2.24, 2.45) is 0 Å². The standard InChI is InChI=1S/C19H25ClO5/c20-14-7-6-12(9-13(14)8-11-4-2-1-3-5-11)19-18(24)17(23)16(22)15(10-21)25-19/h6-9,15-19,21-24H,1-5,10H2/t15-,16-,17+,18-,19+/m1/s1. The number of hydrogen-bond donors (Lipinski definition) is 4. The highest BCUT2D eigenvalue weighted by Crippen LogP contribution is 2.35. The molecule has 1 aliphatic carbocycles. The molecule has 1 heterocycles. The lowest BCUT2D eigenvalue weighted by Gasteiger charge is -2.40. The van der Waals surface area contributed by atoms with Gasteiger partial charge in [-0.05, 0) is 48.9 Å². The summed E-state index contributed by atoms with van der Waals surface area (Å²) in [5, 5.41) is 40.1. The van der Waals surface area contributed by atoms with Crippen LogP contribution in [0.25, 0.3) is 6.08 Å². The summed E-state index contributed by atoms with van der Waals surface area (Å²) in [6.07, 6.45) is 2.10. The third-order valence-corrected chi connectivity index (χ3v) is 5.44. The SMILES string of the molecule is OC[C@H]1O[C@@H](c2ccc(Cl)c(C=C3CCCCC3)c2)[C@H](O)[C@@H](O)[C@@H]1O. The Morgan fingerprint density at radius 2 is 1.76 bits per heavy atom. The van der Waals surface area contributed by atoms with Crippen LogP contribution in [0, 0.1) is 0 Å². The lowest BCUT2D eigenvalue weighted by atomic mass is 9.89. The molecule has 1 aliphatic heterocycles. The number of aliphatic hydroxyl groups is 4. The summed E-state index contributed by atoms with van der Waals surface area (Å²) in [6, 6.07) is 5.32. The van der Waals surface area contributed by atoms with Crippen LogP contribution in [0.2, 0.25) is 5.02 Å². The largest absolute Gasteiger partial charge is 0.394 e. The third-order valence-electron chi connectivity index (χ3n) is 5.10. The normalized spacial score (nSPS) is 33.3. The van der Waals surface area contributed by atoms with Crippen LogP contribution in [0.5, 0.6) is 0 Å². The fourth-order valence-electron chi connectivity index (χ4n) is 3.60. The fourth-order valence-corrected chi connectivity index (χ4v) is 3.77. The van der Waals surface area contributed by atoms with Crippen molar-refractivity contribution in [2.75, 3.05) is 6.61 Å². The van der Waals surface area contributed by atoms with Gasteiger partial charge in [-0.25, -0.2) is 0 Å². The number of aliphatic hydroxyl groups excluding tert-OH is 4. The minimum atomic E-state index is -1.38. The van der Waals surface area contributed by atoms with Gasteiger partial charge in [0.25, 0.3) is 0 Å². The van der Waals surface area contributed by atoms with E-state index in [-0.39, 0.29) is 0 Å². The highest BCUT2D eigenvalue weighted by molar-refractivity contribution is 6.32. The topological polar surface area (TPSA) is 90.2 Å².